The summed E-state index contributed by atoms with van der Waals surface area (Å²) in [5.41, 5.74) is 0. The summed E-state index contributed by atoms with van der Waals surface area (Å²) in [4.78, 5) is 0. The molecule has 0 aromatic rings. The fourth-order valence-electron chi connectivity index (χ4n) is 1.52. The summed E-state index contributed by atoms with van der Waals surface area (Å²) in [6.07, 6.45) is 2.55. The lowest BCUT2D eigenvalue weighted by molar-refractivity contribution is 0.379. The molecule has 0 aromatic heterocycles. The van der Waals surface area contributed by atoms with Crippen molar-refractivity contribution < 1.29 is 0 Å². The number of rotatable bonds is 1. The van der Waals surface area contributed by atoms with Crippen molar-refractivity contribution >= 4 is 34.8 Å². The summed E-state index contributed by atoms with van der Waals surface area (Å²) in [6, 6.07) is 0. The van der Waals surface area contributed by atoms with Crippen LogP contribution in [-0.2, 0) is 0 Å². The second-order valence-corrected chi connectivity index (χ2v) is 4.79. The largest absolute Gasteiger partial charge is 0.123 e. The molecule has 1 rings (SSSR count). The Balaban J connectivity index is 2.52. The summed E-state index contributed by atoms with van der Waals surface area (Å²) in [5, 5.41) is 0.389. The second-order valence-electron chi connectivity index (χ2n) is 3.05. The average Bonchev–Trinajstić information content (AvgIpc) is 1.85. The molecular formula is C8H12Cl3. The first-order valence-corrected chi connectivity index (χ1v) is 5.17. The van der Waals surface area contributed by atoms with E-state index in [4.69, 9.17) is 34.8 Å². The first kappa shape index (κ1) is 9.95. The van der Waals surface area contributed by atoms with Gasteiger partial charge in [0, 0.05) is 16.1 Å². The van der Waals surface area contributed by atoms with Gasteiger partial charge in [-0.1, -0.05) is 6.92 Å². The van der Waals surface area contributed by atoms with Gasteiger partial charge in [-0.2, -0.15) is 0 Å². The highest BCUT2D eigenvalue weighted by Gasteiger charge is 2.33. The van der Waals surface area contributed by atoms with Crippen LogP contribution in [-0.4, -0.2) is 16.1 Å². The van der Waals surface area contributed by atoms with E-state index in [0.29, 0.717) is 5.92 Å². The highest BCUT2D eigenvalue weighted by molar-refractivity contribution is 6.27. The van der Waals surface area contributed by atoms with Gasteiger partial charge in [-0.25, -0.2) is 0 Å². The van der Waals surface area contributed by atoms with Crippen LogP contribution in [0.25, 0.3) is 0 Å². The summed E-state index contributed by atoms with van der Waals surface area (Å²) in [5.74, 6) is 0.341. The lowest BCUT2D eigenvalue weighted by atomic mass is 9.86. The highest BCUT2D eigenvalue weighted by Crippen LogP contribution is 2.36. The van der Waals surface area contributed by atoms with Crippen molar-refractivity contribution in [2.75, 3.05) is 0 Å². The molecule has 1 fully saturated rings. The SMILES string of the molecule is [CH2]CC1C(Cl)CC(Cl)CC1Cl. The Labute approximate surface area is 83.2 Å². The third-order valence-electron chi connectivity index (χ3n) is 2.22. The lowest BCUT2D eigenvalue weighted by Crippen LogP contribution is -2.34. The molecule has 1 saturated carbocycles. The molecule has 1 aliphatic rings. The standard InChI is InChI=1S/C8H12Cl3/c1-2-6-7(10)3-5(9)4-8(6)11/h5-8H,1-4H2. The third-order valence-corrected chi connectivity index (χ3v) is 3.58. The van der Waals surface area contributed by atoms with Gasteiger partial charge in [0.15, 0.2) is 0 Å². The summed E-state index contributed by atoms with van der Waals surface area (Å²) in [7, 11) is 0. The molecule has 3 heteroatoms. The van der Waals surface area contributed by atoms with E-state index in [9.17, 15) is 0 Å². The van der Waals surface area contributed by atoms with E-state index >= 15 is 0 Å². The first-order chi connectivity index (χ1) is 5.15. The molecule has 2 unspecified atom stereocenters. The van der Waals surface area contributed by atoms with Crippen molar-refractivity contribution in [1.29, 1.82) is 0 Å². The van der Waals surface area contributed by atoms with Gasteiger partial charge in [-0.15, -0.1) is 34.8 Å². The molecule has 0 saturated heterocycles. The molecule has 2 atom stereocenters. The second kappa shape index (κ2) is 4.20. The van der Waals surface area contributed by atoms with Gasteiger partial charge in [-0.3, -0.25) is 0 Å². The van der Waals surface area contributed by atoms with E-state index in [1.807, 2.05) is 0 Å². The smallest absolute Gasteiger partial charge is 0.0392 e. The van der Waals surface area contributed by atoms with E-state index in [0.717, 1.165) is 19.3 Å². The van der Waals surface area contributed by atoms with E-state index in [-0.39, 0.29) is 16.1 Å². The van der Waals surface area contributed by atoms with Gasteiger partial charge < -0.3 is 0 Å². The normalized spacial score (nSPS) is 45.8. The molecule has 0 aliphatic heterocycles. The van der Waals surface area contributed by atoms with Crippen LogP contribution >= 0.6 is 34.8 Å². The van der Waals surface area contributed by atoms with Gasteiger partial charge in [0.05, 0.1) is 0 Å². The number of alkyl halides is 3. The van der Waals surface area contributed by atoms with Crippen LogP contribution in [0.1, 0.15) is 19.3 Å². The van der Waals surface area contributed by atoms with Gasteiger partial charge in [0.25, 0.3) is 0 Å². The molecule has 0 nitrogen and oxygen atoms in total. The molecule has 0 aromatic carbocycles. The minimum atomic E-state index is 0.117. The third kappa shape index (κ3) is 2.40. The maximum Gasteiger partial charge on any atom is 0.0392 e. The maximum atomic E-state index is 6.06. The number of halogens is 3. The van der Waals surface area contributed by atoms with Crippen LogP contribution in [0.4, 0.5) is 0 Å². The van der Waals surface area contributed by atoms with Crippen molar-refractivity contribution in [2.45, 2.75) is 35.4 Å². The Morgan fingerprint density at radius 1 is 1.09 bits per heavy atom. The molecule has 0 N–H and O–H groups in total. The van der Waals surface area contributed by atoms with Crippen LogP contribution in [0.2, 0.25) is 0 Å². The molecular weight excluding hydrogens is 202 g/mol. The van der Waals surface area contributed by atoms with E-state index in [2.05, 4.69) is 6.92 Å². The molecule has 0 heterocycles. The molecule has 65 valence electrons. The van der Waals surface area contributed by atoms with Gasteiger partial charge in [0.2, 0.25) is 0 Å². The Morgan fingerprint density at radius 2 is 1.55 bits per heavy atom. The average molecular weight is 215 g/mol. The Hall–Kier alpha value is 0.870. The predicted octanol–water partition coefficient (Wildman–Crippen LogP) is 3.44. The molecule has 1 radical (unpaired) electrons. The zero-order valence-electron chi connectivity index (χ0n) is 6.27. The molecule has 1 aliphatic carbocycles. The maximum absolute atomic E-state index is 6.06. The first-order valence-electron chi connectivity index (χ1n) is 3.86. The molecule has 0 amide bonds. The number of hydrogen-bond acceptors (Lipinski definition) is 0. The molecule has 0 bridgehead atoms. The topological polar surface area (TPSA) is 0 Å². The molecule has 0 spiro atoms. The predicted molar refractivity (Wildman–Crippen MR) is 51.6 cm³/mol. The van der Waals surface area contributed by atoms with Crippen LogP contribution in [0.5, 0.6) is 0 Å². The van der Waals surface area contributed by atoms with Crippen LogP contribution in [0, 0.1) is 12.8 Å². The minimum absolute atomic E-state index is 0.117. The number of hydrogen-bond donors (Lipinski definition) is 0. The lowest BCUT2D eigenvalue weighted by Gasteiger charge is -2.33. The van der Waals surface area contributed by atoms with Crippen LogP contribution < -0.4 is 0 Å². The summed E-state index contributed by atoms with van der Waals surface area (Å²) in [6.45, 7) is 3.82. The van der Waals surface area contributed by atoms with Gasteiger partial charge in [0.1, 0.15) is 0 Å². The Morgan fingerprint density at radius 3 is 1.91 bits per heavy atom. The van der Waals surface area contributed by atoms with Crippen molar-refractivity contribution in [3.8, 4) is 0 Å². The monoisotopic (exact) mass is 213 g/mol. The van der Waals surface area contributed by atoms with Crippen molar-refractivity contribution in [1.82, 2.24) is 0 Å². The van der Waals surface area contributed by atoms with Crippen LogP contribution in [0.3, 0.4) is 0 Å². The quantitative estimate of drug-likeness (QED) is 0.587. The van der Waals surface area contributed by atoms with Crippen molar-refractivity contribution in [2.24, 2.45) is 5.92 Å². The van der Waals surface area contributed by atoms with Crippen molar-refractivity contribution in [3.05, 3.63) is 6.92 Å². The Bertz CT molecular complexity index is 115. The molecule has 11 heavy (non-hydrogen) atoms. The summed E-state index contributed by atoms with van der Waals surface area (Å²) < 4.78 is 0. The highest BCUT2D eigenvalue weighted by atomic mass is 35.5. The van der Waals surface area contributed by atoms with E-state index in [1.54, 1.807) is 0 Å². The zero-order chi connectivity index (χ0) is 8.43. The fraction of sp³-hybridized carbons (Fsp3) is 0.875. The van der Waals surface area contributed by atoms with Crippen molar-refractivity contribution in [3.63, 3.8) is 0 Å². The van der Waals surface area contributed by atoms with Gasteiger partial charge >= 0.3 is 0 Å². The summed E-state index contributed by atoms with van der Waals surface area (Å²) >= 11 is 18.1. The zero-order valence-corrected chi connectivity index (χ0v) is 8.54. The van der Waals surface area contributed by atoms with E-state index < -0.39 is 0 Å². The minimum Gasteiger partial charge on any atom is -0.123 e. The van der Waals surface area contributed by atoms with Gasteiger partial charge in [-0.05, 0) is 25.2 Å². The van der Waals surface area contributed by atoms with E-state index in [1.165, 1.54) is 0 Å². The van der Waals surface area contributed by atoms with Crippen LogP contribution in [0.15, 0.2) is 0 Å². The fourth-order valence-corrected chi connectivity index (χ4v) is 3.20. The Kier molecular flexibility index (Phi) is 3.80.